The first-order valence-corrected chi connectivity index (χ1v) is 3.62. The summed E-state index contributed by atoms with van der Waals surface area (Å²) in [4.78, 5) is 10.0. The summed E-state index contributed by atoms with van der Waals surface area (Å²) in [6, 6.07) is -0.356. The molecule has 7 N–H and O–H groups in total. The Morgan fingerprint density at radius 3 is 2.45 bits per heavy atom. The van der Waals surface area contributed by atoms with Crippen LogP contribution < -0.4 is 22.5 Å². The molecule has 0 fully saturated rings. The molecule has 0 saturated heterocycles. The van der Waals surface area contributed by atoms with Crippen molar-refractivity contribution in [2.75, 3.05) is 6.54 Å². The molecule has 0 heterocycles. The van der Waals surface area contributed by atoms with Gasteiger partial charge in [0.2, 0.25) is 0 Å². The Bertz CT molecular complexity index is 107. The monoisotopic (exact) mass is 160 g/mol. The Morgan fingerprint density at radius 1 is 1.36 bits per heavy atom. The van der Waals surface area contributed by atoms with Crippen LogP contribution in [0.15, 0.2) is 0 Å². The number of aldehydes is 1. The van der Waals surface area contributed by atoms with E-state index in [1.165, 1.54) is 0 Å². The molecule has 0 aliphatic heterocycles. The minimum absolute atomic E-state index is 0.356. The molecule has 5 nitrogen and oxygen atoms in total. The highest BCUT2D eigenvalue weighted by molar-refractivity contribution is 5.56. The van der Waals surface area contributed by atoms with Crippen LogP contribution >= 0.6 is 0 Å². The summed E-state index contributed by atoms with van der Waals surface area (Å²) < 4.78 is 0. The van der Waals surface area contributed by atoms with Gasteiger partial charge in [-0.2, -0.15) is 0 Å². The van der Waals surface area contributed by atoms with Crippen LogP contribution in [0, 0.1) is 0 Å². The lowest BCUT2D eigenvalue weighted by molar-refractivity contribution is -0.109. The molecule has 11 heavy (non-hydrogen) atoms. The molecule has 0 amide bonds. The lowest BCUT2D eigenvalue weighted by Crippen LogP contribution is -2.45. The van der Waals surface area contributed by atoms with Gasteiger partial charge < -0.3 is 22.0 Å². The molecule has 0 aromatic heterocycles. The second-order valence-corrected chi connectivity index (χ2v) is 2.42. The van der Waals surface area contributed by atoms with Crippen molar-refractivity contribution < 1.29 is 4.79 Å². The average molecular weight is 160 g/mol. The maximum absolute atomic E-state index is 10.0. The van der Waals surface area contributed by atoms with Crippen LogP contribution in [0.1, 0.15) is 12.8 Å². The fraction of sp³-hybridized carbons (Fsp3) is 0.833. The highest BCUT2D eigenvalue weighted by Gasteiger charge is 1.98. The molecule has 0 saturated carbocycles. The number of rotatable bonds is 6. The molecule has 0 aromatic rings. The van der Waals surface area contributed by atoms with E-state index < -0.39 is 6.29 Å². The van der Waals surface area contributed by atoms with Crippen molar-refractivity contribution in [3.8, 4) is 0 Å². The van der Waals surface area contributed by atoms with Crippen LogP contribution in [0.4, 0.5) is 0 Å². The number of carbonyl (C=O) groups is 1. The minimum atomic E-state index is -0.484. The third kappa shape index (κ3) is 7.41. The van der Waals surface area contributed by atoms with Gasteiger partial charge in [-0.1, -0.05) is 0 Å². The molecule has 1 atom stereocenters. The van der Waals surface area contributed by atoms with Crippen molar-refractivity contribution in [2.24, 2.45) is 17.2 Å². The minimum Gasteiger partial charge on any atom is -0.322 e. The quantitative estimate of drug-likeness (QED) is 0.206. The molecule has 0 aliphatic carbocycles. The summed E-state index contributed by atoms with van der Waals surface area (Å²) in [6.07, 6.45) is 1.73. The van der Waals surface area contributed by atoms with Gasteiger partial charge in [0.1, 0.15) is 12.6 Å². The molecule has 0 aromatic carbocycles. The Morgan fingerprint density at radius 2 is 2.00 bits per heavy atom. The molecular formula is C6H16N4O. The van der Waals surface area contributed by atoms with Crippen LogP contribution in [0.25, 0.3) is 0 Å². The van der Waals surface area contributed by atoms with Gasteiger partial charge in [0.05, 0.1) is 6.04 Å². The first-order valence-electron chi connectivity index (χ1n) is 3.62. The van der Waals surface area contributed by atoms with Gasteiger partial charge in [0, 0.05) is 0 Å². The zero-order valence-electron chi connectivity index (χ0n) is 6.49. The van der Waals surface area contributed by atoms with E-state index in [0.29, 0.717) is 13.0 Å². The van der Waals surface area contributed by atoms with E-state index >= 15 is 0 Å². The van der Waals surface area contributed by atoms with Crippen LogP contribution in [0.5, 0.6) is 0 Å². The van der Waals surface area contributed by atoms with E-state index in [1.54, 1.807) is 0 Å². The number of hydrogen-bond acceptors (Lipinski definition) is 5. The first kappa shape index (κ1) is 10.5. The SMILES string of the molecule is NC(N)NCCC[C@H](N)C=O. The maximum atomic E-state index is 10.0. The summed E-state index contributed by atoms with van der Waals surface area (Å²) in [5, 5.41) is 2.81. The smallest absolute Gasteiger partial charge is 0.136 e. The van der Waals surface area contributed by atoms with E-state index in [4.69, 9.17) is 17.2 Å². The molecule has 0 radical (unpaired) electrons. The standard InChI is InChI=1S/C6H16N4O/c7-5(4-11)2-1-3-10-6(8)9/h4-6,10H,1-3,7-9H2/t5-/m0/s1. The zero-order valence-corrected chi connectivity index (χ0v) is 6.49. The lowest BCUT2D eigenvalue weighted by atomic mass is 10.2. The van der Waals surface area contributed by atoms with Crippen molar-refractivity contribution in [1.82, 2.24) is 5.32 Å². The Labute approximate surface area is 66.3 Å². The Kier molecular flexibility index (Phi) is 5.96. The second-order valence-electron chi connectivity index (χ2n) is 2.42. The van der Waals surface area contributed by atoms with Gasteiger partial charge in [-0.05, 0) is 19.4 Å². The fourth-order valence-electron chi connectivity index (χ4n) is 0.675. The number of hydrogen-bond donors (Lipinski definition) is 4. The lowest BCUT2D eigenvalue weighted by Gasteiger charge is -2.08. The maximum Gasteiger partial charge on any atom is 0.136 e. The molecule has 5 heteroatoms. The first-order chi connectivity index (χ1) is 5.16. The third-order valence-electron chi connectivity index (χ3n) is 1.27. The van der Waals surface area contributed by atoms with Crippen LogP contribution in [0.3, 0.4) is 0 Å². The van der Waals surface area contributed by atoms with E-state index in [0.717, 1.165) is 12.7 Å². The van der Waals surface area contributed by atoms with E-state index in [2.05, 4.69) is 5.32 Å². The Balaban J connectivity index is 3.07. The molecule has 0 rings (SSSR count). The van der Waals surface area contributed by atoms with Gasteiger partial charge in [-0.15, -0.1) is 0 Å². The topological polar surface area (TPSA) is 107 Å². The normalized spacial score (nSPS) is 13.5. The van der Waals surface area contributed by atoms with Gasteiger partial charge in [-0.3, -0.25) is 5.32 Å². The molecule has 0 aliphatic rings. The van der Waals surface area contributed by atoms with Gasteiger partial charge in [0.25, 0.3) is 0 Å². The summed E-state index contributed by atoms with van der Waals surface area (Å²) in [5.74, 6) is 0. The highest BCUT2D eigenvalue weighted by Crippen LogP contribution is 1.89. The van der Waals surface area contributed by atoms with Gasteiger partial charge in [0.15, 0.2) is 0 Å². The van der Waals surface area contributed by atoms with Crippen molar-refractivity contribution in [2.45, 2.75) is 25.2 Å². The Hall–Kier alpha value is -0.490. The van der Waals surface area contributed by atoms with Gasteiger partial charge >= 0.3 is 0 Å². The number of nitrogens with one attached hydrogen (secondary N) is 1. The van der Waals surface area contributed by atoms with E-state index in [9.17, 15) is 4.79 Å². The van der Waals surface area contributed by atoms with E-state index in [1.807, 2.05) is 0 Å². The number of nitrogens with two attached hydrogens (primary N) is 3. The average Bonchev–Trinajstić information content (AvgIpc) is 1.97. The van der Waals surface area contributed by atoms with E-state index in [-0.39, 0.29) is 6.04 Å². The number of carbonyl (C=O) groups excluding carboxylic acids is 1. The zero-order chi connectivity index (χ0) is 8.69. The summed E-state index contributed by atoms with van der Waals surface area (Å²) in [6.45, 7) is 0.694. The molecular weight excluding hydrogens is 144 g/mol. The third-order valence-corrected chi connectivity index (χ3v) is 1.27. The largest absolute Gasteiger partial charge is 0.322 e. The summed E-state index contributed by atoms with van der Waals surface area (Å²) in [7, 11) is 0. The highest BCUT2D eigenvalue weighted by atomic mass is 16.1. The van der Waals surface area contributed by atoms with Crippen LogP contribution in [-0.4, -0.2) is 25.2 Å². The molecule has 0 unspecified atom stereocenters. The van der Waals surface area contributed by atoms with Crippen molar-refractivity contribution in [3.63, 3.8) is 0 Å². The molecule has 66 valence electrons. The van der Waals surface area contributed by atoms with Gasteiger partial charge in [-0.25, -0.2) is 0 Å². The molecule has 0 bridgehead atoms. The predicted molar refractivity (Wildman–Crippen MR) is 43.4 cm³/mol. The molecule has 0 spiro atoms. The summed E-state index contributed by atoms with van der Waals surface area (Å²) in [5.41, 5.74) is 15.7. The fourth-order valence-corrected chi connectivity index (χ4v) is 0.675. The van der Waals surface area contributed by atoms with Crippen LogP contribution in [-0.2, 0) is 4.79 Å². The predicted octanol–water partition coefficient (Wildman–Crippen LogP) is -1.92. The van der Waals surface area contributed by atoms with Crippen LogP contribution in [0.2, 0.25) is 0 Å². The van der Waals surface area contributed by atoms with Crippen molar-refractivity contribution in [3.05, 3.63) is 0 Å². The van der Waals surface area contributed by atoms with Crippen molar-refractivity contribution >= 4 is 6.29 Å². The second kappa shape index (κ2) is 6.23. The van der Waals surface area contributed by atoms with Crippen molar-refractivity contribution in [1.29, 1.82) is 0 Å². The summed E-state index contributed by atoms with van der Waals surface area (Å²) >= 11 is 0.